The number of fused-ring (bicyclic) bond motifs is 2. The van der Waals surface area contributed by atoms with Crippen LogP contribution in [0.5, 0.6) is 0 Å². The molecule has 0 aromatic heterocycles. The summed E-state index contributed by atoms with van der Waals surface area (Å²) in [5, 5.41) is 3.00. The maximum atomic E-state index is 13.7. The van der Waals surface area contributed by atoms with E-state index >= 15 is 0 Å². The van der Waals surface area contributed by atoms with E-state index in [4.69, 9.17) is 0 Å². The van der Waals surface area contributed by atoms with E-state index in [0.717, 1.165) is 25.2 Å². The zero-order valence-electron chi connectivity index (χ0n) is 20.6. The molecule has 6 nitrogen and oxygen atoms in total. The number of nitrogens with one attached hydrogen (secondary N) is 1. The van der Waals surface area contributed by atoms with E-state index in [0.29, 0.717) is 33.2 Å². The highest BCUT2D eigenvalue weighted by Gasteiger charge is 2.31. The summed E-state index contributed by atoms with van der Waals surface area (Å²) in [4.78, 5) is 31.5. The molecule has 192 valence electrons. The van der Waals surface area contributed by atoms with Gasteiger partial charge in [-0.05, 0) is 74.0 Å². The van der Waals surface area contributed by atoms with Crippen molar-refractivity contribution in [3.8, 4) is 0 Å². The van der Waals surface area contributed by atoms with Crippen molar-refractivity contribution in [2.45, 2.75) is 42.0 Å². The number of rotatable bonds is 6. The molecular formula is C29H30FN3O3S. The summed E-state index contributed by atoms with van der Waals surface area (Å²) in [6, 6.07) is 17.8. The van der Waals surface area contributed by atoms with Crippen molar-refractivity contribution in [1.29, 1.82) is 0 Å². The van der Waals surface area contributed by atoms with Crippen molar-refractivity contribution < 1.29 is 18.2 Å². The first-order chi connectivity index (χ1) is 18.0. The number of benzene rings is 3. The van der Waals surface area contributed by atoms with Crippen LogP contribution in [0.25, 0.3) is 0 Å². The Morgan fingerprint density at radius 2 is 1.65 bits per heavy atom. The number of hydrogen-bond acceptors (Lipinski definition) is 4. The minimum atomic E-state index is -1.60. The van der Waals surface area contributed by atoms with E-state index in [2.05, 4.69) is 10.2 Å². The molecule has 3 aromatic carbocycles. The second-order valence-corrected chi connectivity index (χ2v) is 10.9. The van der Waals surface area contributed by atoms with Gasteiger partial charge in [0.2, 0.25) is 0 Å². The van der Waals surface area contributed by atoms with Crippen LogP contribution in [0, 0.1) is 5.82 Å². The zero-order chi connectivity index (χ0) is 25.8. The van der Waals surface area contributed by atoms with Gasteiger partial charge in [-0.1, -0.05) is 37.1 Å². The number of anilines is 1. The minimum absolute atomic E-state index is 0.150. The van der Waals surface area contributed by atoms with Gasteiger partial charge in [-0.25, -0.2) is 8.60 Å². The molecule has 1 fully saturated rings. The minimum Gasteiger partial charge on any atom is -0.351 e. The number of hydrogen-bond donors (Lipinski definition) is 1. The van der Waals surface area contributed by atoms with Gasteiger partial charge in [0, 0.05) is 18.7 Å². The average Bonchev–Trinajstić information content (AvgIpc) is 3.24. The summed E-state index contributed by atoms with van der Waals surface area (Å²) in [5.41, 5.74) is 1.89. The Bertz CT molecular complexity index is 1320. The van der Waals surface area contributed by atoms with Crippen molar-refractivity contribution in [2.75, 3.05) is 31.1 Å². The molecule has 3 aromatic rings. The van der Waals surface area contributed by atoms with Crippen molar-refractivity contribution >= 4 is 28.3 Å². The fourth-order valence-electron chi connectivity index (χ4n) is 4.92. The number of carbonyl (C=O) groups is 2. The van der Waals surface area contributed by atoms with Crippen LogP contribution in [0.1, 0.15) is 52.0 Å². The van der Waals surface area contributed by atoms with Gasteiger partial charge in [0.15, 0.2) is 0 Å². The predicted molar refractivity (Wildman–Crippen MR) is 142 cm³/mol. The number of nitrogens with zero attached hydrogens (tertiary/aromatic N) is 2. The lowest BCUT2D eigenvalue weighted by Gasteiger charge is -2.24. The molecule has 0 saturated carbocycles. The molecule has 0 radical (unpaired) electrons. The van der Waals surface area contributed by atoms with Gasteiger partial charge in [0.25, 0.3) is 11.8 Å². The fraction of sp³-hybridized carbons (Fsp3) is 0.310. The first-order valence-corrected chi connectivity index (χ1v) is 13.9. The Hall–Kier alpha value is -3.36. The van der Waals surface area contributed by atoms with E-state index in [1.165, 1.54) is 42.7 Å². The number of carbonyl (C=O) groups excluding carboxylic acids is 2. The summed E-state index contributed by atoms with van der Waals surface area (Å²) in [6.07, 6.45) is 4.90. The Balaban J connectivity index is 1.43. The maximum Gasteiger partial charge on any atom is 0.259 e. The summed E-state index contributed by atoms with van der Waals surface area (Å²) in [6.45, 7) is 3.59. The second-order valence-electron chi connectivity index (χ2n) is 9.48. The van der Waals surface area contributed by atoms with Gasteiger partial charge in [0.1, 0.15) is 5.82 Å². The van der Waals surface area contributed by atoms with E-state index in [-0.39, 0.29) is 24.2 Å². The molecule has 1 N–H and O–H groups in total. The Morgan fingerprint density at radius 1 is 0.919 bits per heavy atom. The van der Waals surface area contributed by atoms with Crippen molar-refractivity contribution in [3.63, 3.8) is 0 Å². The highest BCUT2D eigenvalue weighted by molar-refractivity contribution is 7.85. The first kappa shape index (κ1) is 25.3. The summed E-state index contributed by atoms with van der Waals surface area (Å²) in [7, 11) is -1.60. The molecule has 0 aliphatic carbocycles. The largest absolute Gasteiger partial charge is 0.351 e. The van der Waals surface area contributed by atoms with Crippen LogP contribution in [0.15, 0.2) is 76.5 Å². The topological polar surface area (TPSA) is 69.7 Å². The fourth-order valence-corrected chi connectivity index (χ4v) is 6.27. The lowest BCUT2D eigenvalue weighted by Crippen LogP contribution is -2.35. The summed E-state index contributed by atoms with van der Waals surface area (Å²) in [5.74, 6) is -0.915. The van der Waals surface area contributed by atoms with E-state index < -0.39 is 10.8 Å². The van der Waals surface area contributed by atoms with Crippen LogP contribution in [-0.2, 0) is 17.3 Å². The van der Waals surface area contributed by atoms with E-state index in [9.17, 15) is 18.2 Å². The molecule has 8 heteroatoms. The maximum absolute atomic E-state index is 13.7. The molecular weight excluding hydrogens is 489 g/mol. The third kappa shape index (κ3) is 5.65. The van der Waals surface area contributed by atoms with Gasteiger partial charge >= 0.3 is 0 Å². The van der Waals surface area contributed by atoms with E-state index in [1.807, 2.05) is 0 Å². The number of likely N-dealkylation sites (tertiary alicyclic amines) is 1. The second kappa shape index (κ2) is 11.4. The van der Waals surface area contributed by atoms with Crippen LogP contribution in [-0.4, -0.2) is 47.1 Å². The molecule has 37 heavy (non-hydrogen) atoms. The highest BCUT2D eigenvalue weighted by Crippen LogP contribution is 2.36. The number of halogens is 1. The molecule has 1 atom stereocenters. The van der Waals surface area contributed by atoms with Crippen molar-refractivity contribution in [2.24, 2.45) is 0 Å². The summed E-state index contributed by atoms with van der Waals surface area (Å²) < 4.78 is 27.1. The van der Waals surface area contributed by atoms with Gasteiger partial charge in [-0.2, -0.15) is 0 Å². The lowest BCUT2D eigenvalue weighted by atomic mass is 10.1. The Labute approximate surface area is 218 Å². The molecule has 2 aliphatic rings. The molecule has 2 amide bonds. The van der Waals surface area contributed by atoms with Crippen LogP contribution in [0.4, 0.5) is 10.1 Å². The first-order valence-electron chi connectivity index (χ1n) is 12.7. The van der Waals surface area contributed by atoms with Crippen LogP contribution < -0.4 is 10.2 Å². The predicted octanol–water partition coefficient (Wildman–Crippen LogP) is 4.76. The molecule has 2 heterocycles. The third-order valence-corrected chi connectivity index (χ3v) is 8.44. The standard InChI is InChI=1S/C29H30FN3O3S/c30-23-12-9-21(10-13-23)20-33-25-19-22(28(34)31-15-18-32-16-5-1-2-6-17-32)11-14-27(25)37(36)26-8-4-3-7-24(26)29(33)35/h3-4,7-14,19H,1-2,5-6,15-18,20H2,(H,31,34)/t37-/m1/s1. The van der Waals surface area contributed by atoms with Gasteiger partial charge < -0.3 is 15.1 Å². The molecule has 0 unspecified atom stereocenters. The molecule has 1 saturated heterocycles. The SMILES string of the molecule is O=C(NCCN1CCCCCC1)c1ccc2c(c1)N(Cc1ccc(F)cc1)C(=O)c1ccccc1[S@]2=O. The number of amides is 2. The molecule has 0 spiro atoms. The lowest BCUT2D eigenvalue weighted by molar-refractivity contribution is 0.0945. The normalized spacial score (nSPS) is 17.9. The summed E-state index contributed by atoms with van der Waals surface area (Å²) >= 11 is 0. The van der Waals surface area contributed by atoms with Crippen LogP contribution >= 0.6 is 0 Å². The van der Waals surface area contributed by atoms with E-state index in [1.54, 1.807) is 54.6 Å². The Kier molecular flexibility index (Phi) is 7.76. The van der Waals surface area contributed by atoms with Gasteiger partial charge in [0.05, 0.1) is 38.4 Å². The van der Waals surface area contributed by atoms with Gasteiger partial charge in [-0.3, -0.25) is 9.59 Å². The van der Waals surface area contributed by atoms with Gasteiger partial charge in [-0.15, -0.1) is 0 Å². The van der Waals surface area contributed by atoms with Crippen molar-refractivity contribution in [1.82, 2.24) is 10.2 Å². The quantitative estimate of drug-likeness (QED) is 0.510. The molecule has 0 bridgehead atoms. The molecule has 2 aliphatic heterocycles. The highest BCUT2D eigenvalue weighted by atomic mass is 32.2. The zero-order valence-corrected chi connectivity index (χ0v) is 21.4. The third-order valence-electron chi connectivity index (χ3n) is 6.94. The average molecular weight is 520 g/mol. The van der Waals surface area contributed by atoms with Crippen molar-refractivity contribution in [3.05, 3.63) is 89.2 Å². The smallest absolute Gasteiger partial charge is 0.259 e. The Morgan fingerprint density at radius 3 is 2.41 bits per heavy atom. The van der Waals surface area contributed by atoms with Crippen LogP contribution in [0.2, 0.25) is 0 Å². The monoisotopic (exact) mass is 519 g/mol. The molecule has 5 rings (SSSR count). The van der Waals surface area contributed by atoms with Crippen LogP contribution in [0.3, 0.4) is 0 Å².